The molecule has 0 aromatic heterocycles. The van der Waals surface area contributed by atoms with Crippen LogP contribution in [0.4, 0.5) is 8.78 Å². The van der Waals surface area contributed by atoms with Crippen molar-refractivity contribution in [2.24, 2.45) is 0 Å². The van der Waals surface area contributed by atoms with E-state index in [1.807, 2.05) is 18.2 Å². The van der Waals surface area contributed by atoms with E-state index in [4.69, 9.17) is 4.74 Å². The molecule has 4 heteroatoms. The molecular formula is C23H23F2NO. The fourth-order valence-electron chi connectivity index (χ4n) is 2.91. The number of ether oxygens (including phenoxy) is 1. The molecule has 0 saturated heterocycles. The Morgan fingerprint density at radius 2 is 1.26 bits per heavy atom. The molecule has 0 spiro atoms. The molecule has 2 nitrogen and oxygen atoms in total. The molecule has 1 N–H and O–H groups in total. The summed E-state index contributed by atoms with van der Waals surface area (Å²) in [6, 6.07) is 22.7. The molecule has 0 atom stereocenters. The number of nitrogens with one attached hydrogen (secondary N) is 1. The average Bonchev–Trinajstić information content (AvgIpc) is 2.70. The molecule has 0 bridgehead atoms. The summed E-state index contributed by atoms with van der Waals surface area (Å²) in [7, 11) is 0. The number of hydrogen-bond donors (Lipinski definition) is 1. The lowest BCUT2D eigenvalue weighted by atomic mass is 10.0. The van der Waals surface area contributed by atoms with Gasteiger partial charge in [0.1, 0.15) is 17.7 Å². The third-order valence-electron chi connectivity index (χ3n) is 4.34. The van der Waals surface area contributed by atoms with E-state index in [1.54, 1.807) is 24.3 Å². The van der Waals surface area contributed by atoms with Gasteiger partial charge in [-0.2, -0.15) is 0 Å². The van der Waals surface area contributed by atoms with Crippen LogP contribution in [0.5, 0.6) is 0 Å². The van der Waals surface area contributed by atoms with E-state index >= 15 is 0 Å². The van der Waals surface area contributed by atoms with Crippen LogP contribution in [-0.2, 0) is 11.2 Å². The fraction of sp³-hybridized carbons (Fsp3) is 0.217. The van der Waals surface area contributed by atoms with Crippen molar-refractivity contribution in [1.82, 2.24) is 5.32 Å². The Morgan fingerprint density at radius 1 is 0.704 bits per heavy atom. The summed E-state index contributed by atoms with van der Waals surface area (Å²) in [6.07, 6.45) is 0.599. The molecule has 0 aliphatic carbocycles. The first-order chi connectivity index (χ1) is 13.2. The highest BCUT2D eigenvalue weighted by Crippen LogP contribution is 2.26. The summed E-state index contributed by atoms with van der Waals surface area (Å²) in [6.45, 7) is 2.06. The average molecular weight is 367 g/mol. The van der Waals surface area contributed by atoms with E-state index < -0.39 is 0 Å². The molecule has 140 valence electrons. The second kappa shape index (κ2) is 9.95. The van der Waals surface area contributed by atoms with Gasteiger partial charge in [0.25, 0.3) is 0 Å². The summed E-state index contributed by atoms with van der Waals surface area (Å²) in [4.78, 5) is 0. The van der Waals surface area contributed by atoms with E-state index in [-0.39, 0.29) is 17.7 Å². The van der Waals surface area contributed by atoms with E-state index in [1.165, 1.54) is 29.8 Å². The van der Waals surface area contributed by atoms with Gasteiger partial charge in [0, 0.05) is 6.54 Å². The van der Waals surface area contributed by atoms with Gasteiger partial charge in [0.15, 0.2) is 0 Å². The molecule has 3 aromatic carbocycles. The van der Waals surface area contributed by atoms with Crippen LogP contribution in [-0.4, -0.2) is 19.7 Å². The second-order valence-corrected chi connectivity index (χ2v) is 6.34. The third kappa shape index (κ3) is 5.98. The van der Waals surface area contributed by atoms with Gasteiger partial charge in [-0.1, -0.05) is 54.6 Å². The first-order valence-electron chi connectivity index (χ1n) is 9.09. The van der Waals surface area contributed by atoms with Crippen molar-refractivity contribution >= 4 is 0 Å². The lowest BCUT2D eigenvalue weighted by Gasteiger charge is -2.19. The zero-order chi connectivity index (χ0) is 18.9. The minimum absolute atomic E-state index is 0.292. The molecule has 0 aliphatic heterocycles. The van der Waals surface area contributed by atoms with Crippen molar-refractivity contribution < 1.29 is 13.5 Å². The van der Waals surface area contributed by atoms with Crippen molar-refractivity contribution in [2.75, 3.05) is 19.7 Å². The molecule has 27 heavy (non-hydrogen) atoms. The zero-order valence-electron chi connectivity index (χ0n) is 15.1. The van der Waals surface area contributed by atoms with Gasteiger partial charge in [0.05, 0.1) is 6.61 Å². The number of hydrogen-bond acceptors (Lipinski definition) is 2. The van der Waals surface area contributed by atoms with Crippen molar-refractivity contribution in [2.45, 2.75) is 12.5 Å². The van der Waals surface area contributed by atoms with E-state index in [0.29, 0.717) is 13.2 Å². The van der Waals surface area contributed by atoms with Crippen molar-refractivity contribution in [3.05, 3.63) is 107 Å². The minimum atomic E-state index is -0.359. The van der Waals surface area contributed by atoms with Gasteiger partial charge in [-0.05, 0) is 53.9 Å². The Bertz CT molecular complexity index is 759. The number of rotatable bonds is 9. The molecule has 0 radical (unpaired) electrons. The van der Waals surface area contributed by atoms with Crippen LogP contribution in [0.25, 0.3) is 0 Å². The quantitative estimate of drug-likeness (QED) is 0.543. The maximum Gasteiger partial charge on any atom is 0.123 e. The van der Waals surface area contributed by atoms with Crippen LogP contribution in [0, 0.1) is 11.6 Å². The standard InChI is InChI=1S/C23H23F2NO/c24-21-10-6-19(7-11-21)23(20-8-12-22(25)13-9-20)27-17-16-26-15-14-18-4-2-1-3-5-18/h1-13,23,26H,14-17H2. The van der Waals surface area contributed by atoms with Crippen LogP contribution in [0.2, 0.25) is 0 Å². The monoisotopic (exact) mass is 367 g/mol. The molecule has 0 heterocycles. The maximum absolute atomic E-state index is 13.2. The van der Waals surface area contributed by atoms with Crippen LogP contribution >= 0.6 is 0 Å². The molecule has 0 aliphatic rings. The summed E-state index contributed by atoms with van der Waals surface area (Å²) in [5, 5.41) is 3.37. The van der Waals surface area contributed by atoms with E-state index in [9.17, 15) is 8.78 Å². The summed E-state index contributed by atoms with van der Waals surface area (Å²) >= 11 is 0. The predicted molar refractivity (Wildman–Crippen MR) is 104 cm³/mol. The van der Waals surface area contributed by atoms with Gasteiger partial charge < -0.3 is 10.1 Å². The largest absolute Gasteiger partial charge is 0.367 e. The number of benzene rings is 3. The smallest absolute Gasteiger partial charge is 0.123 e. The van der Waals surface area contributed by atoms with Gasteiger partial charge in [-0.3, -0.25) is 0 Å². The molecular weight excluding hydrogens is 344 g/mol. The van der Waals surface area contributed by atoms with Crippen LogP contribution in [0.1, 0.15) is 22.8 Å². The summed E-state index contributed by atoms with van der Waals surface area (Å²) < 4.78 is 32.5. The van der Waals surface area contributed by atoms with Gasteiger partial charge in [-0.15, -0.1) is 0 Å². The SMILES string of the molecule is Fc1ccc(C(OCCNCCc2ccccc2)c2ccc(F)cc2)cc1. The Balaban J connectivity index is 1.54. The van der Waals surface area contributed by atoms with Gasteiger partial charge in [-0.25, -0.2) is 8.78 Å². The Kier molecular flexibility index (Phi) is 7.08. The third-order valence-corrected chi connectivity index (χ3v) is 4.34. The number of halogens is 2. The maximum atomic E-state index is 13.2. The fourth-order valence-corrected chi connectivity index (χ4v) is 2.91. The lowest BCUT2D eigenvalue weighted by Crippen LogP contribution is -2.23. The summed E-state index contributed by atoms with van der Waals surface area (Å²) in [5.74, 6) is -0.585. The zero-order valence-corrected chi connectivity index (χ0v) is 15.1. The van der Waals surface area contributed by atoms with Gasteiger partial charge in [0.2, 0.25) is 0 Å². The highest BCUT2D eigenvalue weighted by Gasteiger charge is 2.15. The van der Waals surface area contributed by atoms with Gasteiger partial charge >= 0.3 is 0 Å². The Morgan fingerprint density at radius 3 is 1.81 bits per heavy atom. The topological polar surface area (TPSA) is 21.3 Å². The molecule has 0 fully saturated rings. The molecule has 3 aromatic rings. The molecule has 0 unspecified atom stereocenters. The summed E-state index contributed by atoms with van der Waals surface area (Å²) in [5.41, 5.74) is 2.97. The molecule has 0 amide bonds. The van der Waals surface area contributed by atoms with Crippen molar-refractivity contribution in [3.63, 3.8) is 0 Å². The minimum Gasteiger partial charge on any atom is -0.367 e. The second-order valence-electron chi connectivity index (χ2n) is 6.34. The van der Waals surface area contributed by atoms with Crippen LogP contribution in [0.15, 0.2) is 78.9 Å². The highest BCUT2D eigenvalue weighted by atomic mass is 19.1. The highest BCUT2D eigenvalue weighted by molar-refractivity contribution is 5.30. The molecule has 3 rings (SSSR count). The Hall–Kier alpha value is -2.56. The first kappa shape index (κ1) is 19.2. The van der Waals surface area contributed by atoms with E-state index in [2.05, 4.69) is 17.4 Å². The van der Waals surface area contributed by atoms with Crippen LogP contribution in [0.3, 0.4) is 0 Å². The Labute approximate surface area is 158 Å². The van der Waals surface area contributed by atoms with E-state index in [0.717, 1.165) is 24.1 Å². The normalized spacial score (nSPS) is 11.1. The predicted octanol–water partition coefficient (Wildman–Crippen LogP) is 4.90. The lowest BCUT2D eigenvalue weighted by molar-refractivity contribution is 0.0821. The van der Waals surface area contributed by atoms with Crippen molar-refractivity contribution in [1.29, 1.82) is 0 Å². The molecule has 0 saturated carbocycles. The first-order valence-corrected chi connectivity index (χ1v) is 9.09. The van der Waals surface area contributed by atoms with Crippen molar-refractivity contribution in [3.8, 4) is 0 Å². The van der Waals surface area contributed by atoms with Crippen LogP contribution < -0.4 is 5.32 Å².